The minimum absolute atomic E-state index is 0.152. The van der Waals surface area contributed by atoms with Crippen LogP contribution in [0.15, 0.2) is 24.3 Å². The van der Waals surface area contributed by atoms with Gasteiger partial charge in [0.25, 0.3) is 0 Å². The minimum Gasteiger partial charge on any atom is -0.491 e. The molecule has 1 N–H and O–H groups in total. The molecule has 1 aromatic rings. The Morgan fingerprint density at radius 2 is 1.79 bits per heavy atom. The predicted octanol–water partition coefficient (Wildman–Crippen LogP) is 1.37. The molecule has 5 heteroatoms. The molecule has 24 heavy (non-hydrogen) atoms. The first-order valence-corrected chi connectivity index (χ1v) is 8.91. The molecule has 1 heterocycles. The molecule has 1 aliphatic rings. The Balaban J connectivity index is 1.57. The van der Waals surface area contributed by atoms with Crippen molar-refractivity contribution in [2.45, 2.75) is 39.4 Å². The summed E-state index contributed by atoms with van der Waals surface area (Å²) in [6, 6.07) is 7.30. The van der Waals surface area contributed by atoms with Crippen LogP contribution in [-0.2, 0) is 9.47 Å². The van der Waals surface area contributed by atoms with E-state index in [1.54, 1.807) is 4.90 Å². The fourth-order valence-electron chi connectivity index (χ4n) is 3.07. The van der Waals surface area contributed by atoms with Gasteiger partial charge in [0.2, 0.25) is 0 Å². The molecule has 0 saturated carbocycles. The summed E-state index contributed by atoms with van der Waals surface area (Å²) >= 11 is 0. The van der Waals surface area contributed by atoms with Crippen molar-refractivity contribution in [1.82, 2.24) is 0 Å². The van der Waals surface area contributed by atoms with Gasteiger partial charge in [-0.15, -0.1) is 0 Å². The van der Waals surface area contributed by atoms with Gasteiger partial charge < -0.3 is 19.1 Å². The smallest absolute Gasteiger partial charge is 0.162 e. The van der Waals surface area contributed by atoms with E-state index in [4.69, 9.17) is 14.2 Å². The van der Waals surface area contributed by atoms with Gasteiger partial charge in [-0.1, -0.05) is 6.92 Å². The number of rotatable bonds is 9. The first kappa shape index (κ1) is 18.9. The van der Waals surface area contributed by atoms with Gasteiger partial charge in [-0.05, 0) is 38.1 Å². The third-order valence-corrected chi connectivity index (χ3v) is 4.21. The number of hydrogen-bond acceptors (Lipinski definition) is 4. The fourth-order valence-corrected chi connectivity index (χ4v) is 3.07. The van der Waals surface area contributed by atoms with E-state index < -0.39 is 0 Å². The number of carbonyl (C=O) groups is 1. The third kappa shape index (κ3) is 6.23. The lowest BCUT2D eigenvalue weighted by atomic mass is 10.1. The van der Waals surface area contributed by atoms with Gasteiger partial charge in [-0.2, -0.15) is 0 Å². The Bertz CT molecular complexity index is 493. The van der Waals surface area contributed by atoms with E-state index in [0.29, 0.717) is 31.8 Å². The van der Waals surface area contributed by atoms with E-state index in [1.165, 1.54) is 0 Å². The molecule has 0 unspecified atom stereocenters. The number of benzene rings is 1. The van der Waals surface area contributed by atoms with E-state index >= 15 is 0 Å². The van der Waals surface area contributed by atoms with Crippen LogP contribution < -0.4 is 9.64 Å². The van der Waals surface area contributed by atoms with Gasteiger partial charge in [-0.25, -0.2) is 0 Å². The lowest BCUT2D eigenvalue weighted by Crippen LogP contribution is -3.15. The van der Waals surface area contributed by atoms with Crippen molar-refractivity contribution in [2.75, 3.05) is 39.5 Å². The highest BCUT2D eigenvalue weighted by Gasteiger charge is 2.24. The Kier molecular flexibility index (Phi) is 7.69. The van der Waals surface area contributed by atoms with Crippen LogP contribution in [0, 0.1) is 0 Å². The standard InChI is InChI=1S/C19H29NO4/c1-4-19(21)17-5-7-18(8-6-17)23-12-11-22-10-9-20-13-15(2)24-16(3)14-20/h5-8,15-16H,4,9-14H2,1-3H3/p+1/t15-,16-/m0/s1. The quantitative estimate of drug-likeness (QED) is 0.547. The highest BCUT2D eigenvalue weighted by molar-refractivity contribution is 5.95. The topological polar surface area (TPSA) is 49.2 Å². The molecule has 2 atom stereocenters. The Morgan fingerprint density at radius 3 is 2.42 bits per heavy atom. The maximum Gasteiger partial charge on any atom is 0.162 e. The maximum absolute atomic E-state index is 11.6. The first-order chi connectivity index (χ1) is 11.6. The summed E-state index contributed by atoms with van der Waals surface area (Å²) in [6.07, 6.45) is 1.18. The summed E-state index contributed by atoms with van der Waals surface area (Å²) in [4.78, 5) is 13.1. The number of ketones is 1. The van der Waals surface area contributed by atoms with Crippen molar-refractivity contribution >= 4 is 5.78 Å². The number of nitrogens with one attached hydrogen (secondary N) is 1. The van der Waals surface area contributed by atoms with Crippen molar-refractivity contribution in [1.29, 1.82) is 0 Å². The zero-order valence-corrected chi connectivity index (χ0v) is 15.0. The molecule has 0 bridgehead atoms. The molecule has 1 fully saturated rings. The number of morpholine rings is 1. The van der Waals surface area contributed by atoms with Crippen LogP contribution in [0.3, 0.4) is 0 Å². The molecule has 0 aromatic heterocycles. The SMILES string of the molecule is CCC(=O)c1ccc(OCCOCC[NH+]2C[C@H](C)O[C@@H](C)C2)cc1. The highest BCUT2D eigenvalue weighted by Crippen LogP contribution is 2.13. The Labute approximate surface area is 144 Å². The molecule has 2 rings (SSSR count). The van der Waals surface area contributed by atoms with Crippen molar-refractivity contribution in [2.24, 2.45) is 0 Å². The number of ether oxygens (including phenoxy) is 3. The summed E-state index contributed by atoms with van der Waals surface area (Å²) in [5.41, 5.74) is 0.734. The molecule has 134 valence electrons. The first-order valence-electron chi connectivity index (χ1n) is 8.91. The Morgan fingerprint density at radius 1 is 1.12 bits per heavy atom. The van der Waals surface area contributed by atoms with Crippen molar-refractivity contribution < 1.29 is 23.9 Å². The fraction of sp³-hybridized carbons (Fsp3) is 0.632. The third-order valence-electron chi connectivity index (χ3n) is 4.21. The van der Waals surface area contributed by atoms with Gasteiger partial charge in [0.15, 0.2) is 5.78 Å². The monoisotopic (exact) mass is 336 g/mol. The van der Waals surface area contributed by atoms with Crippen LogP contribution >= 0.6 is 0 Å². The number of Topliss-reactive ketones (excluding diaryl/α,β-unsaturated/α-hetero) is 1. The van der Waals surface area contributed by atoms with Crippen LogP contribution in [0.1, 0.15) is 37.6 Å². The summed E-state index contributed by atoms with van der Waals surface area (Å²) < 4.78 is 17.0. The largest absolute Gasteiger partial charge is 0.491 e. The van der Waals surface area contributed by atoms with E-state index in [1.807, 2.05) is 31.2 Å². The van der Waals surface area contributed by atoms with Crippen LogP contribution in [0.2, 0.25) is 0 Å². The average Bonchev–Trinajstić information content (AvgIpc) is 2.57. The number of hydrogen-bond donors (Lipinski definition) is 1. The second-order valence-electron chi connectivity index (χ2n) is 6.43. The van der Waals surface area contributed by atoms with Crippen LogP contribution in [0.5, 0.6) is 5.75 Å². The average molecular weight is 336 g/mol. The van der Waals surface area contributed by atoms with Crippen molar-refractivity contribution in [3.05, 3.63) is 29.8 Å². The summed E-state index contributed by atoms with van der Waals surface area (Å²) in [5.74, 6) is 0.923. The van der Waals surface area contributed by atoms with E-state index in [2.05, 4.69) is 13.8 Å². The zero-order valence-electron chi connectivity index (χ0n) is 15.0. The second kappa shape index (κ2) is 9.77. The lowest BCUT2D eigenvalue weighted by molar-refractivity contribution is -0.915. The van der Waals surface area contributed by atoms with E-state index in [0.717, 1.165) is 37.6 Å². The maximum atomic E-state index is 11.6. The van der Waals surface area contributed by atoms with Crippen LogP contribution in [0.4, 0.5) is 0 Å². The molecular weight excluding hydrogens is 306 g/mol. The Hall–Kier alpha value is -1.43. The zero-order chi connectivity index (χ0) is 17.4. The molecule has 0 aliphatic carbocycles. The normalized spacial score (nSPS) is 23.9. The predicted molar refractivity (Wildman–Crippen MR) is 93.0 cm³/mol. The molecule has 1 aromatic carbocycles. The molecule has 1 saturated heterocycles. The summed E-state index contributed by atoms with van der Waals surface area (Å²) in [7, 11) is 0. The highest BCUT2D eigenvalue weighted by atomic mass is 16.5. The second-order valence-corrected chi connectivity index (χ2v) is 6.43. The molecule has 0 spiro atoms. The number of quaternary nitrogens is 1. The molecule has 1 aliphatic heterocycles. The number of carbonyl (C=O) groups excluding carboxylic acids is 1. The van der Waals surface area contributed by atoms with Gasteiger partial charge in [0.05, 0.1) is 13.2 Å². The molecule has 0 radical (unpaired) electrons. The summed E-state index contributed by atoms with van der Waals surface area (Å²) in [6.45, 7) is 11.1. The van der Waals surface area contributed by atoms with Crippen molar-refractivity contribution in [3.8, 4) is 5.75 Å². The lowest BCUT2D eigenvalue weighted by Gasteiger charge is -2.32. The van der Waals surface area contributed by atoms with Crippen molar-refractivity contribution in [3.63, 3.8) is 0 Å². The van der Waals surface area contributed by atoms with Crippen LogP contribution in [-0.4, -0.2) is 57.4 Å². The van der Waals surface area contributed by atoms with Gasteiger partial charge in [0.1, 0.15) is 44.2 Å². The summed E-state index contributed by atoms with van der Waals surface area (Å²) in [5, 5.41) is 0. The van der Waals surface area contributed by atoms with E-state index in [9.17, 15) is 4.79 Å². The van der Waals surface area contributed by atoms with E-state index in [-0.39, 0.29) is 5.78 Å². The van der Waals surface area contributed by atoms with Gasteiger partial charge >= 0.3 is 0 Å². The molecule has 0 amide bonds. The van der Waals surface area contributed by atoms with Crippen LogP contribution in [0.25, 0.3) is 0 Å². The minimum atomic E-state index is 0.152. The van der Waals surface area contributed by atoms with Gasteiger partial charge in [0, 0.05) is 12.0 Å². The molecule has 5 nitrogen and oxygen atoms in total. The molecular formula is C19H30NO4+. The van der Waals surface area contributed by atoms with Gasteiger partial charge in [-0.3, -0.25) is 4.79 Å².